The van der Waals surface area contributed by atoms with Gasteiger partial charge in [-0.15, -0.1) is 0 Å². The number of ether oxygens (including phenoxy) is 3. The van der Waals surface area contributed by atoms with Crippen LogP contribution in [-0.4, -0.2) is 20.2 Å². The van der Waals surface area contributed by atoms with Gasteiger partial charge in [0, 0.05) is 5.56 Å². The quantitative estimate of drug-likeness (QED) is 0.638. The van der Waals surface area contributed by atoms with Crippen LogP contribution in [0.5, 0.6) is 11.5 Å². The highest BCUT2D eigenvalue weighted by molar-refractivity contribution is 6.05. The number of esters is 1. The fourth-order valence-corrected chi connectivity index (χ4v) is 2.30. The molecule has 0 saturated heterocycles. The van der Waals surface area contributed by atoms with Crippen molar-refractivity contribution >= 4 is 17.8 Å². The lowest BCUT2D eigenvalue weighted by Gasteiger charge is -2.03. The second kappa shape index (κ2) is 6.40. The molecule has 0 aromatic heterocycles. The van der Waals surface area contributed by atoms with E-state index in [9.17, 15) is 4.79 Å². The number of carbonyl (C=O) groups excluding carboxylic acids is 1. The zero-order valence-electron chi connectivity index (χ0n) is 12.9. The average molecular weight is 308 g/mol. The van der Waals surface area contributed by atoms with E-state index in [4.69, 9.17) is 14.2 Å². The van der Waals surface area contributed by atoms with Gasteiger partial charge in [0.1, 0.15) is 17.3 Å². The highest BCUT2D eigenvalue weighted by Crippen LogP contribution is 2.28. The first-order valence-electron chi connectivity index (χ1n) is 7.13. The van der Waals surface area contributed by atoms with E-state index in [0.29, 0.717) is 11.3 Å². The maximum Gasteiger partial charge on any atom is 0.343 e. The van der Waals surface area contributed by atoms with Crippen LogP contribution in [0.1, 0.15) is 11.1 Å². The first-order chi connectivity index (χ1) is 11.2. The summed E-state index contributed by atoms with van der Waals surface area (Å²) in [6, 6.07) is 14.9. The van der Waals surface area contributed by atoms with Crippen LogP contribution in [0.2, 0.25) is 0 Å². The van der Waals surface area contributed by atoms with Crippen molar-refractivity contribution in [1.29, 1.82) is 0 Å². The lowest BCUT2D eigenvalue weighted by atomic mass is 10.1. The third-order valence-electron chi connectivity index (χ3n) is 3.52. The highest BCUT2D eigenvalue weighted by atomic mass is 16.5. The van der Waals surface area contributed by atoms with Crippen LogP contribution >= 0.6 is 0 Å². The molecular weight excluding hydrogens is 292 g/mol. The third kappa shape index (κ3) is 3.26. The summed E-state index contributed by atoms with van der Waals surface area (Å²) in [6.45, 7) is 0. The summed E-state index contributed by atoms with van der Waals surface area (Å²) in [5.74, 6) is 1.67. The summed E-state index contributed by atoms with van der Waals surface area (Å²) < 4.78 is 15.7. The number of hydrogen-bond donors (Lipinski definition) is 0. The normalized spacial score (nSPS) is 15.3. The minimum atomic E-state index is -0.362. The Morgan fingerprint density at radius 1 is 0.957 bits per heavy atom. The van der Waals surface area contributed by atoms with Gasteiger partial charge in [-0.2, -0.15) is 0 Å². The Labute approximate surface area is 134 Å². The summed E-state index contributed by atoms with van der Waals surface area (Å²) in [5.41, 5.74) is 2.21. The van der Waals surface area contributed by atoms with Crippen molar-refractivity contribution in [2.24, 2.45) is 0 Å². The van der Waals surface area contributed by atoms with E-state index in [0.717, 1.165) is 22.6 Å². The predicted molar refractivity (Wildman–Crippen MR) is 88.0 cm³/mol. The van der Waals surface area contributed by atoms with Crippen LogP contribution in [-0.2, 0) is 9.53 Å². The van der Waals surface area contributed by atoms with Gasteiger partial charge in [0.15, 0.2) is 0 Å². The molecule has 1 aliphatic rings. The van der Waals surface area contributed by atoms with Gasteiger partial charge in [-0.05, 0) is 54.1 Å². The van der Waals surface area contributed by atoms with Crippen molar-refractivity contribution < 1.29 is 19.0 Å². The molecule has 0 radical (unpaired) electrons. The number of cyclic esters (lactones) is 1. The van der Waals surface area contributed by atoms with Crippen LogP contribution in [0.25, 0.3) is 11.8 Å². The van der Waals surface area contributed by atoms with Gasteiger partial charge in [0.25, 0.3) is 0 Å². The second-order valence-electron chi connectivity index (χ2n) is 5.00. The van der Waals surface area contributed by atoms with Crippen LogP contribution in [0.15, 0.2) is 60.2 Å². The molecule has 0 atom stereocenters. The number of hydrogen-bond acceptors (Lipinski definition) is 4. The summed E-state index contributed by atoms with van der Waals surface area (Å²) >= 11 is 0. The molecule has 2 aromatic carbocycles. The molecule has 116 valence electrons. The van der Waals surface area contributed by atoms with E-state index in [1.54, 1.807) is 26.4 Å². The first kappa shape index (κ1) is 14.9. The monoisotopic (exact) mass is 308 g/mol. The summed E-state index contributed by atoms with van der Waals surface area (Å²) in [6.07, 6.45) is 3.52. The largest absolute Gasteiger partial charge is 0.497 e. The molecule has 0 fully saturated rings. The minimum absolute atomic E-state index is 0.362. The molecule has 3 rings (SSSR count). The van der Waals surface area contributed by atoms with Crippen LogP contribution in [0.4, 0.5) is 0 Å². The fourth-order valence-electron chi connectivity index (χ4n) is 2.30. The topological polar surface area (TPSA) is 44.8 Å². The maximum absolute atomic E-state index is 12.0. The second-order valence-corrected chi connectivity index (χ2v) is 5.00. The molecule has 1 heterocycles. The van der Waals surface area contributed by atoms with E-state index >= 15 is 0 Å². The Balaban J connectivity index is 1.89. The summed E-state index contributed by atoms with van der Waals surface area (Å²) in [7, 11) is 3.22. The smallest absolute Gasteiger partial charge is 0.343 e. The van der Waals surface area contributed by atoms with Gasteiger partial charge in [0.2, 0.25) is 0 Å². The van der Waals surface area contributed by atoms with Gasteiger partial charge in [-0.1, -0.05) is 12.1 Å². The zero-order valence-corrected chi connectivity index (χ0v) is 12.9. The van der Waals surface area contributed by atoms with Crippen molar-refractivity contribution in [3.8, 4) is 11.5 Å². The molecule has 0 amide bonds. The SMILES string of the molecule is COc1ccc(C2=CC(=Cc3cccc(OC)c3)C(=O)O2)cc1. The van der Waals surface area contributed by atoms with E-state index in [1.165, 1.54) is 0 Å². The molecule has 0 aliphatic carbocycles. The Hall–Kier alpha value is -3.01. The van der Waals surface area contributed by atoms with Crippen molar-refractivity contribution in [3.05, 3.63) is 71.3 Å². The van der Waals surface area contributed by atoms with Crippen LogP contribution < -0.4 is 9.47 Å². The molecule has 0 N–H and O–H groups in total. The fraction of sp³-hybridized carbons (Fsp3) is 0.105. The molecule has 2 aromatic rings. The summed E-state index contributed by atoms with van der Waals surface area (Å²) in [4.78, 5) is 12.0. The van der Waals surface area contributed by atoms with Crippen molar-refractivity contribution in [1.82, 2.24) is 0 Å². The Bertz CT molecular complexity index is 785. The third-order valence-corrected chi connectivity index (χ3v) is 3.52. The van der Waals surface area contributed by atoms with Crippen molar-refractivity contribution in [2.45, 2.75) is 0 Å². The number of rotatable bonds is 4. The van der Waals surface area contributed by atoms with Gasteiger partial charge < -0.3 is 14.2 Å². The molecule has 23 heavy (non-hydrogen) atoms. The zero-order chi connectivity index (χ0) is 16.2. The maximum atomic E-state index is 12.0. The molecule has 1 aliphatic heterocycles. The Morgan fingerprint density at radius 3 is 2.39 bits per heavy atom. The van der Waals surface area contributed by atoms with E-state index in [1.807, 2.05) is 48.5 Å². The molecule has 4 nitrogen and oxygen atoms in total. The Kier molecular flexibility index (Phi) is 4.15. The predicted octanol–water partition coefficient (Wildman–Crippen LogP) is 3.69. The average Bonchev–Trinajstić information content (AvgIpc) is 2.96. The van der Waals surface area contributed by atoms with Crippen LogP contribution in [0.3, 0.4) is 0 Å². The molecule has 4 heteroatoms. The molecule has 0 bridgehead atoms. The van der Waals surface area contributed by atoms with Gasteiger partial charge in [-0.25, -0.2) is 4.79 Å². The van der Waals surface area contributed by atoms with Crippen LogP contribution in [0, 0.1) is 0 Å². The van der Waals surface area contributed by atoms with E-state index < -0.39 is 0 Å². The van der Waals surface area contributed by atoms with Gasteiger partial charge >= 0.3 is 5.97 Å². The first-order valence-corrected chi connectivity index (χ1v) is 7.13. The van der Waals surface area contributed by atoms with Gasteiger partial charge in [0.05, 0.1) is 19.8 Å². The van der Waals surface area contributed by atoms with Crippen molar-refractivity contribution in [2.75, 3.05) is 14.2 Å². The molecular formula is C19H16O4. The molecule has 0 saturated carbocycles. The number of benzene rings is 2. The van der Waals surface area contributed by atoms with E-state index in [2.05, 4.69) is 0 Å². The van der Waals surface area contributed by atoms with Crippen molar-refractivity contribution in [3.63, 3.8) is 0 Å². The number of methoxy groups -OCH3 is 2. The summed E-state index contributed by atoms with van der Waals surface area (Å²) in [5, 5.41) is 0. The standard InChI is InChI=1S/C19H16O4/c1-21-16-8-6-14(7-9-16)18-12-15(19(20)23-18)10-13-4-3-5-17(11-13)22-2/h3-12H,1-2H3. The minimum Gasteiger partial charge on any atom is -0.497 e. The lowest BCUT2D eigenvalue weighted by Crippen LogP contribution is -1.97. The number of carbonyl (C=O) groups is 1. The Morgan fingerprint density at radius 2 is 1.70 bits per heavy atom. The highest BCUT2D eigenvalue weighted by Gasteiger charge is 2.21. The van der Waals surface area contributed by atoms with Gasteiger partial charge in [-0.3, -0.25) is 0 Å². The van der Waals surface area contributed by atoms with E-state index in [-0.39, 0.29) is 5.97 Å². The molecule has 0 unspecified atom stereocenters. The molecule has 0 spiro atoms. The lowest BCUT2D eigenvalue weighted by molar-refractivity contribution is -0.130.